The number of hydrogen-bond acceptors (Lipinski definition) is 5. The molecule has 2 saturated heterocycles. The lowest BCUT2D eigenvalue weighted by atomic mass is 9.97. The van der Waals surface area contributed by atoms with Gasteiger partial charge in [0.25, 0.3) is 11.8 Å². The monoisotopic (exact) mass is 464 g/mol. The molecule has 0 atom stereocenters. The second kappa shape index (κ2) is 10.1. The number of amides is 2. The third kappa shape index (κ3) is 5.25. The molecule has 1 aromatic heterocycles. The molecule has 1 N–H and O–H groups in total. The summed E-state index contributed by atoms with van der Waals surface area (Å²) in [5, 5.41) is 4.84. The second-order valence-electron chi connectivity index (χ2n) is 8.08. The number of carbonyl (C=O) groups excluding carboxylic acids is 2. The van der Waals surface area contributed by atoms with Crippen LogP contribution in [0.1, 0.15) is 70.3 Å². The third-order valence-electron chi connectivity index (χ3n) is 5.93. The van der Waals surface area contributed by atoms with Gasteiger partial charge in [0.1, 0.15) is 11.5 Å². The number of piperidine rings is 1. The van der Waals surface area contributed by atoms with Crippen LogP contribution in [0, 0.1) is 5.82 Å². The van der Waals surface area contributed by atoms with Crippen LogP contribution in [-0.4, -0.2) is 52.9 Å². The van der Waals surface area contributed by atoms with Gasteiger partial charge in [-0.15, -0.1) is 11.3 Å². The molecule has 0 saturated carbocycles. The second-order valence-corrected chi connectivity index (χ2v) is 9.37. The predicted octanol–water partition coefficient (Wildman–Crippen LogP) is 4.48. The van der Waals surface area contributed by atoms with E-state index in [2.05, 4.69) is 10.4 Å². The molecule has 2 aliphatic heterocycles. The van der Waals surface area contributed by atoms with Crippen molar-refractivity contribution in [3.63, 3.8) is 0 Å². The maximum atomic E-state index is 14.1. The smallest absolute Gasteiger partial charge is 0.285 e. The molecule has 31 heavy (non-hydrogen) atoms. The summed E-state index contributed by atoms with van der Waals surface area (Å²) in [6.45, 7) is 2.76. The zero-order chi connectivity index (χ0) is 21.8. The van der Waals surface area contributed by atoms with Crippen LogP contribution in [0.2, 0.25) is 5.02 Å². The van der Waals surface area contributed by atoms with Gasteiger partial charge in [0.05, 0.1) is 15.6 Å². The van der Waals surface area contributed by atoms with E-state index in [4.69, 9.17) is 11.6 Å². The molecular weight excluding hydrogens is 439 g/mol. The largest absolute Gasteiger partial charge is 0.338 e. The van der Waals surface area contributed by atoms with E-state index in [0.717, 1.165) is 43.8 Å². The van der Waals surface area contributed by atoms with E-state index >= 15 is 0 Å². The van der Waals surface area contributed by atoms with Crippen LogP contribution in [0.3, 0.4) is 0 Å². The Hall–Kier alpha value is -2.03. The van der Waals surface area contributed by atoms with E-state index in [1.807, 2.05) is 5.01 Å². The predicted molar refractivity (Wildman–Crippen MR) is 119 cm³/mol. The van der Waals surface area contributed by atoms with Crippen molar-refractivity contribution in [3.05, 3.63) is 50.7 Å². The minimum Gasteiger partial charge on any atom is -0.338 e. The van der Waals surface area contributed by atoms with E-state index in [9.17, 15) is 14.0 Å². The minimum absolute atomic E-state index is 0.0654. The highest BCUT2D eigenvalue weighted by atomic mass is 35.5. The number of carbonyl (C=O) groups is 2. The van der Waals surface area contributed by atoms with E-state index in [-0.39, 0.29) is 28.3 Å². The molecule has 1 aromatic carbocycles. The van der Waals surface area contributed by atoms with Gasteiger partial charge < -0.3 is 4.90 Å². The van der Waals surface area contributed by atoms with E-state index in [1.165, 1.54) is 42.4 Å². The maximum Gasteiger partial charge on any atom is 0.285 e. The maximum absolute atomic E-state index is 14.1. The number of hydrazine groups is 1. The minimum atomic E-state index is -0.598. The molecule has 0 radical (unpaired) electrons. The molecule has 2 amide bonds. The number of halogens is 2. The van der Waals surface area contributed by atoms with Crippen LogP contribution in [0.15, 0.2) is 23.6 Å². The van der Waals surface area contributed by atoms with E-state index in [0.29, 0.717) is 18.8 Å². The summed E-state index contributed by atoms with van der Waals surface area (Å²) in [4.78, 5) is 31.5. The number of rotatable bonds is 4. The first-order chi connectivity index (χ1) is 15.0. The van der Waals surface area contributed by atoms with Crippen molar-refractivity contribution >= 4 is 34.8 Å². The number of hydrogen-bond donors (Lipinski definition) is 1. The third-order valence-corrected chi connectivity index (χ3v) is 7.25. The van der Waals surface area contributed by atoms with Crippen LogP contribution < -0.4 is 5.43 Å². The van der Waals surface area contributed by atoms with Crippen LogP contribution >= 0.6 is 22.9 Å². The summed E-state index contributed by atoms with van der Waals surface area (Å²) in [5.41, 5.74) is 3.36. The van der Waals surface area contributed by atoms with Crippen molar-refractivity contribution < 1.29 is 14.0 Å². The summed E-state index contributed by atoms with van der Waals surface area (Å²) >= 11 is 7.53. The molecule has 9 heteroatoms. The van der Waals surface area contributed by atoms with Gasteiger partial charge >= 0.3 is 0 Å². The first-order valence-electron chi connectivity index (χ1n) is 10.8. The zero-order valence-electron chi connectivity index (χ0n) is 17.3. The summed E-state index contributed by atoms with van der Waals surface area (Å²) in [6, 6.07) is 4.27. The zero-order valence-corrected chi connectivity index (χ0v) is 18.9. The van der Waals surface area contributed by atoms with Crippen LogP contribution in [-0.2, 0) is 0 Å². The molecule has 166 valence electrons. The van der Waals surface area contributed by atoms with Crippen molar-refractivity contribution in [2.24, 2.45) is 0 Å². The Morgan fingerprint density at radius 3 is 2.48 bits per heavy atom. The molecule has 0 unspecified atom stereocenters. The Morgan fingerprint density at radius 1 is 1.10 bits per heavy atom. The average Bonchev–Trinajstić information content (AvgIpc) is 3.13. The quantitative estimate of drug-likeness (QED) is 0.724. The van der Waals surface area contributed by atoms with Gasteiger partial charge in [0.2, 0.25) is 0 Å². The van der Waals surface area contributed by atoms with Gasteiger partial charge in [-0.3, -0.25) is 15.0 Å². The first kappa shape index (κ1) is 22.2. The number of nitrogens with zero attached hydrogens (tertiary/aromatic N) is 3. The van der Waals surface area contributed by atoms with Gasteiger partial charge in [-0.25, -0.2) is 14.4 Å². The molecule has 2 fully saturated rings. The van der Waals surface area contributed by atoms with Crippen molar-refractivity contribution in [3.8, 4) is 0 Å². The lowest BCUT2D eigenvalue weighted by Crippen LogP contribution is -2.42. The highest BCUT2D eigenvalue weighted by molar-refractivity contribution is 7.09. The Bertz CT molecular complexity index is 917. The fraction of sp³-hybridized carbons (Fsp3) is 0.500. The van der Waals surface area contributed by atoms with Gasteiger partial charge in [-0.1, -0.05) is 30.5 Å². The van der Waals surface area contributed by atoms with Crippen molar-refractivity contribution in [1.82, 2.24) is 20.3 Å². The first-order valence-corrected chi connectivity index (χ1v) is 12.0. The van der Waals surface area contributed by atoms with Crippen molar-refractivity contribution in [2.75, 3.05) is 26.2 Å². The molecule has 0 spiro atoms. The summed E-state index contributed by atoms with van der Waals surface area (Å²) < 4.78 is 14.1. The summed E-state index contributed by atoms with van der Waals surface area (Å²) in [5.74, 6) is -0.950. The Labute approximate surface area is 190 Å². The molecule has 6 nitrogen and oxygen atoms in total. The summed E-state index contributed by atoms with van der Waals surface area (Å²) in [7, 11) is 0. The van der Waals surface area contributed by atoms with Gasteiger partial charge in [-0.2, -0.15) is 0 Å². The van der Waals surface area contributed by atoms with Crippen LogP contribution in [0.25, 0.3) is 0 Å². The SMILES string of the molecule is O=C(NN1CCCCCC1)c1csc(C2CCN(C(=O)c3c(F)cccc3Cl)CC2)n1. The number of nitrogens with one attached hydrogen (secondary N) is 1. The highest BCUT2D eigenvalue weighted by Crippen LogP contribution is 2.32. The molecule has 2 aromatic rings. The van der Waals surface area contributed by atoms with Crippen molar-refractivity contribution in [1.29, 1.82) is 0 Å². The molecule has 3 heterocycles. The number of benzene rings is 1. The van der Waals surface area contributed by atoms with E-state index < -0.39 is 5.82 Å². The molecular formula is C22H26ClFN4O2S. The van der Waals surface area contributed by atoms with Crippen molar-refractivity contribution in [2.45, 2.75) is 44.4 Å². The summed E-state index contributed by atoms with van der Waals surface area (Å²) in [6.07, 6.45) is 6.04. The van der Waals surface area contributed by atoms with Gasteiger partial charge in [0.15, 0.2) is 0 Å². The standard InChI is InChI=1S/C22H26ClFN4O2S/c23-16-6-5-7-17(24)19(16)22(30)27-12-8-15(9-13-27)21-25-18(14-31-21)20(29)26-28-10-3-1-2-4-11-28/h5-7,14-15H,1-4,8-13H2,(H,26,29). The van der Waals surface area contributed by atoms with E-state index in [1.54, 1.807) is 10.3 Å². The highest BCUT2D eigenvalue weighted by Gasteiger charge is 2.29. The Kier molecular flexibility index (Phi) is 7.20. The molecule has 4 rings (SSSR count). The van der Waals surface area contributed by atoms with Gasteiger partial charge in [0, 0.05) is 37.5 Å². The number of aromatic nitrogens is 1. The molecule has 0 aliphatic carbocycles. The van der Waals surface area contributed by atoms with Gasteiger partial charge in [-0.05, 0) is 37.8 Å². The topological polar surface area (TPSA) is 65.5 Å². The number of thiazole rings is 1. The number of likely N-dealkylation sites (tertiary alicyclic amines) is 1. The Morgan fingerprint density at radius 2 is 1.81 bits per heavy atom. The normalized spacial score (nSPS) is 18.6. The molecule has 2 aliphatic rings. The average molecular weight is 465 g/mol. The fourth-order valence-corrected chi connectivity index (χ4v) is 5.37. The van der Waals surface area contributed by atoms with Crippen LogP contribution in [0.4, 0.5) is 4.39 Å². The lowest BCUT2D eigenvalue weighted by molar-refractivity contribution is 0.0708. The molecule has 0 bridgehead atoms. The Balaban J connectivity index is 1.34. The lowest BCUT2D eigenvalue weighted by Gasteiger charge is -2.31. The van der Waals surface area contributed by atoms with Crippen LogP contribution in [0.5, 0.6) is 0 Å². The fourth-order valence-electron chi connectivity index (χ4n) is 4.15.